The Balaban J connectivity index is 2.10. The summed E-state index contributed by atoms with van der Waals surface area (Å²) >= 11 is 6.44. The van der Waals surface area contributed by atoms with Gasteiger partial charge in [0, 0.05) is 13.0 Å². The normalized spacial score (nSPS) is 12.6. The molecule has 9 nitrogen and oxygen atoms in total. The van der Waals surface area contributed by atoms with Crippen molar-refractivity contribution in [2.45, 2.75) is 78.0 Å². The Hall–Kier alpha value is -4.24. The van der Waals surface area contributed by atoms with Crippen molar-refractivity contribution in [2.75, 3.05) is 11.9 Å². The molecule has 0 fully saturated rings. The lowest BCUT2D eigenvalue weighted by atomic mass is 9.99. The summed E-state index contributed by atoms with van der Waals surface area (Å²) in [7, 11) is 0. The van der Waals surface area contributed by atoms with Crippen LogP contribution < -0.4 is 10.6 Å². The number of amides is 3. The summed E-state index contributed by atoms with van der Waals surface area (Å²) in [5.74, 6) is -1.05. The Kier molecular flexibility index (Phi) is 12.0. The molecule has 3 rings (SSSR count). The topological polar surface area (TPSA) is 128 Å². The van der Waals surface area contributed by atoms with E-state index in [9.17, 15) is 24.6 Å². The molecule has 3 aromatic carbocycles. The number of nitrogens with zero attached hydrogens (tertiary/aromatic N) is 1. The van der Waals surface area contributed by atoms with Gasteiger partial charge < -0.3 is 30.5 Å². The van der Waals surface area contributed by atoms with Crippen LogP contribution in [0.15, 0.2) is 66.7 Å². The number of aryl methyl sites for hydroxylation is 1. The van der Waals surface area contributed by atoms with E-state index in [1.54, 1.807) is 57.2 Å². The number of aromatic hydroxyl groups is 2. The molecule has 0 spiro atoms. The number of anilines is 1. The van der Waals surface area contributed by atoms with E-state index in [-0.39, 0.29) is 24.5 Å². The molecule has 4 N–H and O–H groups in total. The Bertz CT molecular complexity index is 1420. The van der Waals surface area contributed by atoms with Gasteiger partial charge in [-0.05, 0) is 81.1 Å². The highest BCUT2D eigenvalue weighted by Gasteiger charge is 2.36. The number of hydrogen-bond acceptors (Lipinski definition) is 6. The Morgan fingerprint density at radius 1 is 0.955 bits per heavy atom. The second kappa shape index (κ2) is 15.5. The number of phenolic OH excluding ortho intramolecular Hbond substituents is 2. The summed E-state index contributed by atoms with van der Waals surface area (Å²) in [6.45, 7) is 9.21. The van der Waals surface area contributed by atoms with Crippen LogP contribution in [0.2, 0.25) is 5.02 Å². The lowest BCUT2D eigenvalue weighted by molar-refractivity contribution is -0.140. The number of phenols is 2. The predicted molar refractivity (Wildman–Crippen MR) is 172 cm³/mol. The highest BCUT2D eigenvalue weighted by molar-refractivity contribution is 6.34. The minimum absolute atomic E-state index is 0.0633. The van der Waals surface area contributed by atoms with Gasteiger partial charge >= 0.3 is 6.09 Å². The number of nitrogens with one attached hydrogen (secondary N) is 2. The van der Waals surface area contributed by atoms with Gasteiger partial charge in [0.05, 0.1) is 10.7 Å². The number of carbonyl (C=O) groups is 3. The fourth-order valence-electron chi connectivity index (χ4n) is 4.77. The number of halogens is 1. The molecule has 2 atom stereocenters. The number of hydrogen-bond donors (Lipinski definition) is 4. The lowest BCUT2D eigenvalue weighted by Crippen LogP contribution is -2.53. The molecule has 0 aromatic heterocycles. The first-order valence-electron chi connectivity index (χ1n) is 14.7. The third-order valence-corrected chi connectivity index (χ3v) is 7.18. The molecule has 0 saturated carbocycles. The number of alkyl carbamates (subject to hydrolysis) is 1. The molecule has 10 heteroatoms. The van der Waals surface area contributed by atoms with E-state index in [1.807, 2.05) is 19.9 Å². The smallest absolute Gasteiger partial charge is 0.408 e. The van der Waals surface area contributed by atoms with Crippen LogP contribution in [0.5, 0.6) is 11.5 Å². The van der Waals surface area contributed by atoms with Crippen molar-refractivity contribution in [1.82, 2.24) is 10.2 Å². The van der Waals surface area contributed by atoms with Crippen LogP contribution in [0.3, 0.4) is 0 Å². The standard InChI is InChI=1S/C34H42ClN3O6/c1-6-7-8-19-38(32(42)28(36-33(43)44-34(3,4)5)20-23-15-17-25(39)18-16-23)30(24-12-10-13-26(40)21-24)31(41)37-29-22(2)11-9-14-27(29)35/h9-18,21,28,30,39-40H,6-8,19-20H2,1-5H3,(H,36,43)(H,37,41). The Morgan fingerprint density at radius 2 is 1.64 bits per heavy atom. The van der Waals surface area contributed by atoms with Gasteiger partial charge in [-0.25, -0.2) is 4.79 Å². The molecule has 0 saturated heterocycles. The SMILES string of the molecule is CCCCCN(C(=O)C(Cc1ccc(O)cc1)NC(=O)OC(C)(C)C)C(C(=O)Nc1c(C)cccc1Cl)c1cccc(O)c1. The van der Waals surface area contributed by atoms with E-state index in [1.165, 1.54) is 29.2 Å². The molecule has 0 aliphatic carbocycles. The number of ether oxygens (including phenoxy) is 1. The number of para-hydroxylation sites is 1. The lowest BCUT2D eigenvalue weighted by Gasteiger charge is -2.35. The summed E-state index contributed by atoms with van der Waals surface area (Å²) in [5.41, 5.74) is 1.40. The summed E-state index contributed by atoms with van der Waals surface area (Å²) in [5, 5.41) is 26.1. The second-order valence-electron chi connectivity index (χ2n) is 11.7. The van der Waals surface area contributed by atoms with Crippen LogP contribution in [0.25, 0.3) is 0 Å². The van der Waals surface area contributed by atoms with Crippen molar-refractivity contribution in [3.05, 3.63) is 88.4 Å². The number of rotatable bonds is 12. The molecule has 44 heavy (non-hydrogen) atoms. The molecular weight excluding hydrogens is 582 g/mol. The minimum Gasteiger partial charge on any atom is -0.508 e. The number of carbonyl (C=O) groups excluding carboxylic acids is 3. The van der Waals surface area contributed by atoms with Crippen molar-refractivity contribution in [1.29, 1.82) is 0 Å². The maximum atomic E-state index is 14.5. The predicted octanol–water partition coefficient (Wildman–Crippen LogP) is 6.89. The molecule has 236 valence electrons. The Labute approximate surface area is 264 Å². The van der Waals surface area contributed by atoms with E-state index in [0.29, 0.717) is 28.3 Å². The zero-order valence-electron chi connectivity index (χ0n) is 25.9. The zero-order valence-corrected chi connectivity index (χ0v) is 26.6. The van der Waals surface area contributed by atoms with Crippen LogP contribution in [0, 0.1) is 6.92 Å². The zero-order chi connectivity index (χ0) is 32.4. The summed E-state index contributed by atoms with van der Waals surface area (Å²) in [4.78, 5) is 43.1. The van der Waals surface area contributed by atoms with Gasteiger partial charge in [-0.2, -0.15) is 0 Å². The van der Waals surface area contributed by atoms with Crippen LogP contribution in [0.4, 0.5) is 10.5 Å². The van der Waals surface area contributed by atoms with Gasteiger partial charge in [0.1, 0.15) is 29.2 Å². The summed E-state index contributed by atoms with van der Waals surface area (Å²) < 4.78 is 5.48. The van der Waals surface area contributed by atoms with Crippen molar-refractivity contribution in [2.24, 2.45) is 0 Å². The largest absolute Gasteiger partial charge is 0.508 e. The first-order chi connectivity index (χ1) is 20.8. The van der Waals surface area contributed by atoms with Crippen LogP contribution in [-0.4, -0.2) is 51.2 Å². The van der Waals surface area contributed by atoms with Gasteiger partial charge in [-0.1, -0.05) is 67.8 Å². The van der Waals surface area contributed by atoms with Crippen molar-refractivity contribution in [3.63, 3.8) is 0 Å². The molecule has 0 aliphatic rings. The average Bonchev–Trinajstić information content (AvgIpc) is 2.94. The third kappa shape index (κ3) is 9.91. The molecular formula is C34H42ClN3O6. The van der Waals surface area contributed by atoms with Crippen molar-refractivity contribution < 1.29 is 29.3 Å². The Morgan fingerprint density at radius 3 is 2.25 bits per heavy atom. The van der Waals surface area contributed by atoms with Gasteiger partial charge in [0.15, 0.2) is 0 Å². The van der Waals surface area contributed by atoms with Crippen LogP contribution >= 0.6 is 11.6 Å². The maximum Gasteiger partial charge on any atom is 0.408 e. The van der Waals surface area contributed by atoms with Crippen LogP contribution in [-0.2, 0) is 20.7 Å². The summed E-state index contributed by atoms with van der Waals surface area (Å²) in [6.07, 6.45) is 1.55. The molecule has 0 bridgehead atoms. The molecule has 3 amide bonds. The number of unbranched alkanes of at least 4 members (excludes halogenated alkanes) is 2. The fourth-order valence-corrected chi connectivity index (χ4v) is 5.04. The highest BCUT2D eigenvalue weighted by Crippen LogP contribution is 2.31. The monoisotopic (exact) mass is 623 g/mol. The number of benzene rings is 3. The van der Waals surface area contributed by atoms with E-state index in [2.05, 4.69) is 10.6 Å². The van der Waals surface area contributed by atoms with Gasteiger partial charge in [-0.3, -0.25) is 9.59 Å². The average molecular weight is 624 g/mol. The van der Waals surface area contributed by atoms with Gasteiger partial charge in [0.2, 0.25) is 5.91 Å². The third-order valence-electron chi connectivity index (χ3n) is 6.87. The van der Waals surface area contributed by atoms with E-state index < -0.39 is 35.6 Å². The van der Waals surface area contributed by atoms with E-state index >= 15 is 0 Å². The molecule has 0 radical (unpaired) electrons. The minimum atomic E-state index is -1.18. The van der Waals surface area contributed by atoms with E-state index in [0.717, 1.165) is 18.4 Å². The molecule has 3 aromatic rings. The molecule has 0 heterocycles. The molecule has 2 unspecified atom stereocenters. The summed E-state index contributed by atoms with van der Waals surface area (Å²) in [6, 6.07) is 15.5. The molecule has 0 aliphatic heterocycles. The van der Waals surface area contributed by atoms with E-state index in [4.69, 9.17) is 16.3 Å². The van der Waals surface area contributed by atoms with Gasteiger partial charge in [-0.15, -0.1) is 0 Å². The fraction of sp³-hybridized carbons (Fsp3) is 0.382. The maximum absolute atomic E-state index is 14.5. The quantitative estimate of drug-likeness (QED) is 0.163. The second-order valence-corrected chi connectivity index (χ2v) is 12.1. The first kappa shape index (κ1) is 34.3. The van der Waals surface area contributed by atoms with Crippen molar-refractivity contribution >= 4 is 35.2 Å². The van der Waals surface area contributed by atoms with Crippen molar-refractivity contribution in [3.8, 4) is 11.5 Å². The highest BCUT2D eigenvalue weighted by atomic mass is 35.5. The van der Waals surface area contributed by atoms with Crippen LogP contribution in [0.1, 0.15) is 69.7 Å². The first-order valence-corrected chi connectivity index (χ1v) is 15.1. The van der Waals surface area contributed by atoms with Gasteiger partial charge in [0.25, 0.3) is 5.91 Å².